The molecular weight excluding hydrogens is 662 g/mol. The number of hydrogen-bond donors (Lipinski definition) is 2. The molecular formula is C41H37N3O8. The summed E-state index contributed by atoms with van der Waals surface area (Å²) in [6.07, 6.45) is -2.25. The molecule has 5 aromatic rings. The second kappa shape index (κ2) is 16.0. The van der Waals surface area contributed by atoms with Crippen LogP contribution in [0.25, 0.3) is 11.1 Å². The Bertz CT molecular complexity index is 1980. The lowest BCUT2D eigenvalue weighted by molar-refractivity contribution is -0.157. The first kappa shape index (κ1) is 35.4. The molecule has 2 amide bonds. The molecule has 6 rings (SSSR count). The SMILES string of the molecule is COC(=O)[C@@H](NC1(c2ccccc2)c2ccccc2-c2ccccc21)[C@H](C(=O)OC)N(NC(=O)OCc1ccccc1)C(=O)OCc1ccccc1. The first-order valence-corrected chi connectivity index (χ1v) is 16.5. The Morgan fingerprint density at radius 2 is 1.06 bits per heavy atom. The third kappa shape index (κ3) is 7.21. The lowest BCUT2D eigenvalue weighted by atomic mass is 9.79. The molecule has 0 radical (unpaired) electrons. The van der Waals surface area contributed by atoms with Gasteiger partial charge in [-0.3, -0.25) is 10.1 Å². The second-order valence-corrected chi connectivity index (χ2v) is 11.9. The molecule has 0 unspecified atom stereocenters. The zero-order chi connectivity index (χ0) is 36.5. The number of carbonyl (C=O) groups excluding carboxylic acids is 4. The summed E-state index contributed by atoms with van der Waals surface area (Å²) in [5.41, 5.74) is 6.53. The van der Waals surface area contributed by atoms with Gasteiger partial charge in [0.1, 0.15) is 19.3 Å². The molecule has 5 aromatic carbocycles. The smallest absolute Gasteiger partial charge is 0.430 e. The van der Waals surface area contributed by atoms with Gasteiger partial charge in [0.2, 0.25) is 0 Å². The Kier molecular flexibility index (Phi) is 10.9. The van der Waals surface area contributed by atoms with Crippen LogP contribution in [0.2, 0.25) is 0 Å². The molecule has 264 valence electrons. The van der Waals surface area contributed by atoms with E-state index in [2.05, 4.69) is 10.7 Å². The second-order valence-electron chi connectivity index (χ2n) is 11.9. The predicted octanol–water partition coefficient (Wildman–Crippen LogP) is 6.11. The van der Waals surface area contributed by atoms with E-state index in [4.69, 9.17) is 18.9 Å². The Morgan fingerprint density at radius 1 is 0.596 bits per heavy atom. The molecule has 2 N–H and O–H groups in total. The number of esters is 2. The summed E-state index contributed by atoms with van der Waals surface area (Å²) in [5.74, 6) is -1.97. The van der Waals surface area contributed by atoms with E-state index in [1.807, 2.05) is 91.0 Å². The van der Waals surface area contributed by atoms with Gasteiger partial charge in [0.25, 0.3) is 0 Å². The third-order valence-electron chi connectivity index (χ3n) is 8.85. The molecule has 0 bridgehead atoms. The zero-order valence-corrected chi connectivity index (χ0v) is 28.6. The summed E-state index contributed by atoms with van der Waals surface area (Å²) < 4.78 is 21.5. The first-order valence-electron chi connectivity index (χ1n) is 16.5. The highest BCUT2D eigenvalue weighted by Crippen LogP contribution is 2.51. The van der Waals surface area contributed by atoms with Crippen LogP contribution in [0.1, 0.15) is 27.8 Å². The van der Waals surface area contributed by atoms with Gasteiger partial charge in [-0.05, 0) is 38.9 Å². The van der Waals surface area contributed by atoms with Crippen LogP contribution in [0.4, 0.5) is 9.59 Å². The number of carbonyl (C=O) groups is 4. The van der Waals surface area contributed by atoms with E-state index in [0.717, 1.165) is 42.0 Å². The molecule has 0 saturated carbocycles. The number of methoxy groups -OCH3 is 2. The highest BCUT2D eigenvalue weighted by atomic mass is 16.6. The Labute approximate surface area is 301 Å². The molecule has 1 aliphatic carbocycles. The van der Waals surface area contributed by atoms with Crippen molar-refractivity contribution in [2.45, 2.75) is 30.8 Å². The molecule has 0 aliphatic heterocycles. The molecule has 1 aliphatic rings. The van der Waals surface area contributed by atoms with Gasteiger partial charge >= 0.3 is 24.1 Å². The molecule has 11 nitrogen and oxygen atoms in total. The summed E-state index contributed by atoms with van der Waals surface area (Å²) in [6.45, 7) is -0.359. The summed E-state index contributed by atoms with van der Waals surface area (Å²) in [7, 11) is 2.27. The van der Waals surface area contributed by atoms with Crippen molar-refractivity contribution in [1.82, 2.24) is 15.8 Å². The summed E-state index contributed by atoms with van der Waals surface area (Å²) in [4.78, 5) is 55.4. The predicted molar refractivity (Wildman–Crippen MR) is 191 cm³/mol. The van der Waals surface area contributed by atoms with E-state index in [0.29, 0.717) is 16.1 Å². The number of nitrogens with one attached hydrogen (secondary N) is 2. The molecule has 0 fully saturated rings. The average molecular weight is 700 g/mol. The van der Waals surface area contributed by atoms with Crippen molar-refractivity contribution in [3.05, 3.63) is 167 Å². The Morgan fingerprint density at radius 3 is 1.58 bits per heavy atom. The van der Waals surface area contributed by atoms with Crippen molar-refractivity contribution in [2.75, 3.05) is 14.2 Å². The largest absolute Gasteiger partial charge is 0.468 e. The van der Waals surface area contributed by atoms with Gasteiger partial charge in [0, 0.05) is 0 Å². The van der Waals surface area contributed by atoms with Gasteiger partial charge in [0.15, 0.2) is 6.04 Å². The van der Waals surface area contributed by atoms with Crippen LogP contribution >= 0.6 is 0 Å². The van der Waals surface area contributed by atoms with Crippen LogP contribution in [0.15, 0.2) is 140 Å². The van der Waals surface area contributed by atoms with Crippen LogP contribution in [0.5, 0.6) is 0 Å². The fraction of sp³-hybridized carbons (Fsp3) is 0.171. The lowest BCUT2D eigenvalue weighted by Gasteiger charge is -2.40. The van der Waals surface area contributed by atoms with Crippen LogP contribution in [-0.4, -0.2) is 55.4 Å². The molecule has 11 heteroatoms. The van der Waals surface area contributed by atoms with E-state index in [9.17, 15) is 19.2 Å². The van der Waals surface area contributed by atoms with Crippen molar-refractivity contribution < 1.29 is 38.1 Å². The zero-order valence-electron chi connectivity index (χ0n) is 28.6. The Hall–Kier alpha value is -6.46. The normalized spacial score (nSPS) is 13.3. The van der Waals surface area contributed by atoms with Gasteiger partial charge in [-0.25, -0.2) is 19.8 Å². The number of nitrogens with zero attached hydrogens (tertiary/aromatic N) is 1. The van der Waals surface area contributed by atoms with Crippen LogP contribution in [0.3, 0.4) is 0 Å². The summed E-state index contributed by atoms with van der Waals surface area (Å²) in [6, 6.07) is 39.0. The number of rotatable bonds is 11. The van der Waals surface area contributed by atoms with Gasteiger partial charge < -0.3 is 18.9 Å². The monoisotopic (exact) mass is 699 g/mol. The minimum Gasteiger partial charge on any atom is -0.468 e. The number of hydrogen-bond acceptors (Lipinski definition) is 9. The van der Waals surface area contributed by atoms with Crippen molar-refractivity contribution in [3.8, 4) is 11.1 Å². The minimum atomic E-state index is -1.87. The molecule has 0 heterocycles. The third-order valence-corrected chi connectivity index (χ3v) is 8.85. The van der Waals surface area contributed by atoms with E-state index in [-0.39, 0.29) is 13.2 Å². The maximum Gasteiger partial charge on any atom is 0.430 e. The lowest BCUT2D eigenvalue weighted by Crippen LogP contribution is -2.67. The number of fused-ring (bicyclic) bond motifs is 3. The fourth-order valence-electron chi connectivity index (χ4n) is 6.48. The molecule has 0 saturated heterocycles. The minimum absolute atomic E-state index is 0.147. The van der Waals surface area contributed by atoms with Gasteiger partial charge in [-0.15, -0.1) is 0 Å². The summed E-state index contributed by atoms with van der Waals surface area (Å²) >= 11 is 0. The van der Waals surface area contributed by atoms with Gasteiger partial charge in [0.05, 0.1) is 19.8 Å². The maximum atomic E-state index is 14.0. The van der Waals surface area contributed by atoms with E-state index >= 15 is 0 Å². The molecule has 52 heavy (non-hydrogen) atoms. The molecule has 0 aromatic heterocycles. The Balaban J connectivity index is 1.45. The maximum absolute atomic E-state index is 14.0. The van der Waals surface area contributed by atoms with Crippen molar-refractivity contribution in [2.24, 2.45) is 0 Å². The number of amides is 2. The van der Waals surface area contributed by atoms with Crippen molar-refractivity contribution in [3.63, 3.8) is 0 Å². The first-order chi connectivity index (χ1) is 25.4. The van der Waals surface area contributed by atoms with Crippen LogP contribution in [-0.2, 0) is 47.3 Å². The van der Waals surface area contributed by atoms with Crippen molar-refractivity contribution >= 4 is 24.1 Å². The molecule has 2 atom stereocenters. The fourth-order valence-corrected chi connectivity index (χ4v) is 6.48. The summed E-state index contributed by atoms with van der Waals surface area (Å²) in [5, 5.41) is 4.06. The van der Waals surface area contributed by atoms with Gasteiger partial charge in [-0.1, -0.05) is 140 Å². The standard InChI is InChI=1S/C41H37N3O8/c1-49-37(45)35(42-41(30-20-10-5-11-21-30)33-24-14-12-22-31(33)32-23-13-15-25-34(32)41)36(38(46)50-2)44(40(48)52-27-29-18-8-4-9-19-29)43-39(47)51-26-28-16-6-3-7-17-28/h3-25,35-36,42H,26-27H2,1-2H3,(H,43,47)/t35-,36+/m0/s1. The number of ether oxygens (including phenoxy) is 4. The van der Waals surface area contributed by atoms with Crippen LogP contribution in [0, 0.1) is 0 Å². The van der Waals surface area contributed by atoms with Crippen molar-refractivity contribution in [1.29, 1.82) is 0 Å². The molecule has 0 spiro atoms. The van der Waals surface area contributed by atoms with Gasteiger partial charge in [-0.2, -0.15) is 5.01 Å². The average Bonchev–Trinajstić information content (AvgIpc) is 3.49. The quantitative estimate of drug-likeness (QED) is 0.0952. The van der Waals surface area contributed by atoms with E-state index in [1.54, 1.807) is 48.5 Å². The topological polar surface area (TPSA) is 132 Å². The van der Waals surface area contributed by atoms with Crippen LogP contribution < -0.4 is 10.7 Å². The number of hydrazine groups is 1. The highest BCUT2D eigenvalue weighted by Gasteiger charge is 2.52. The highest BCUT2D eigenvalue weighted by molar-refractivity contribution is 5.91. The van der Waals surface area contributed by atoms with E-state index in [1.165, 1.54) is 0 Å². The number of benzene rings is 5. The van der Waals surface area contributed by atoms with E-state index < -0.39 is 41.7 Å².